The standard InChI is InChI=1S/C11H10ClF3O2/c1-6(10(16)17-2)8-5-7(11(13,14)15)3-4-9(8)12/h3-6H,1-2H3. The molecule has 0 bridgehead atoms. The van der Waals surface area contributed by atoms with E-state index in [4.69, 9.17) is 11.6 Å². The van der Waals surface area contributed by atoms with Crippen molar-refractivity contribution in [3.05, 3.63) is 34.3 Å². The molecule has 1 aromatic carbocycles. The first-order valence-electron chi connectivity index (χ1n) is 4.72. The van der Waals surface area contributed by atoms with E-state index in [2.05, 4.69) is 4.74 Å². The van der Waals surface area contributed by atoms with Crippen LogP contribution in [-0.4, -0.2) is 13.1 Å². The lowest BCUT2D eigenvalue weighted by atomic mass is 9.99. The minimum Gasteiger partial charge on any atom is -0.469 e. The van der Waals surface area contributed by atoms with E-state index in [1.165, 1.54) is 14.0 Å². The van der Waals surface area contributed by atoms with E-state index >= 15 is 0 Å². The Hall–Kier alpha value is -1.23. The fourth-order valence-electron chi connectivity index (χ4n) is 1.36. The van der Waals surface area contributed by atoms with Gasteiger partial charge in [0.25, 0.3) is 0 Å². The van der Waals surface area contributed by atoms with Crippen LogP contribution in [0.2, 0.25) is 5.02 Å². The molecule has 0 fully saturated rings. The maximum absolute atomic E-state index is 12.5. The summed E-state index contributed by atoms with van der Waals surface area (Å²) in [6.45, 7) is 1.44. The summed E-state index contributed by atoms with van der Waals surface area (Å²) in [5, 5.41) is 0.107. The van der Waals surface area contributed by atoms with E-state index in [0.717, 1.165) is 18.2 Å². The summed E-state index contributed by atoms with van der Waals surface area (Å²) in [7, 11) is 1.17. The van der Waals surface area contributed by atoms with Gasteiger partial charge in [-0.3, -0.25) is 4.79 Å². The minimum absolute atomic E-state index is 0.105. The smallest absolute Gasteiger partial charge is 0.416 e. The van der Waals surface area contributed by atoms with Crippen LogP contribution in [0, 0.1) is 0 Å². The lowest BCUT2D eigenvalue weighted by Crippen LogP contribution is -2.13. The normalized spacial score (nSPS) is 13.3. The number of methoxy groups -OCH3 is 1. The lowest BCUT2D eigenvalue weighted by Gasteiger charge is -2.14. The SMILES string of the molecule is COC(=O)C(C)c1cc(C(F)(F)F)ccc1Cl. The summed E-state index contributed by atoms with van der Waals surface area (Å²) in [4.78, 5) is 11.3. The molecule has 6 heteroatoms. The molecule has 1 atom stereocenters. The fraction of sp³-hybridized carbons (Fsp3) is 0.364. The van der Waals surface area contributed by atoms with Gasteiger partial charge in [0.05, 0.1) is 18.6 Å². The molecular weight excluding hydrogens is 257 g/mol. The summed E-state index contributed by atoms with van der Waals surface area (Å²) in [5.41, 5.74) is -0.735. The molecule has 0 N–H and O–H groups in total. The maximum atomic E-state index is 12.5. The molecule has 0 radical (unpaired) electrons. The van der Waals surface area contributed by atoms with E-state index in [0.29, 0.717) is 0 Å². The molecule has 0 spiro atoms. The highest BCUT2D eigenvalue weighted by molar-refractivity contribution is 6.31. The second-order valence-corrected chi connectivity index (χ2v) is 3.89. The van der Waals surface area contributed by atoms with Crippen molar-refractivity contribution in [2.75, 3.05) is 7.11 Å². The van der Waals surface area contributed by atoms with E-state index < -0.39 is 23.6 Å². The largest absolute Gasteiger partial charge is 0.469 e. The second-order valence-electron chi connectivity index (χ2n) is 3.48. The van der Waals surface area contributed by atoms with Crippen molar-refractivity contribution in [2.45, 2.75) is 19.0 Å². The molecule has 1 rings (SSSR count). The summed E-state index contributed by atoms with van der Waals surface area (Å²) in [6.07, 6.45) is -4.46. The number of hydrogen-bond acceptors (Lipinski definition) is 2. The van der Waals surface area contributed by atoms with E-state index in [1.54, 1.807) is 0 Å². The minimum atomic E-state index is -4.46. The quantitative estimate of drug-likeness (QED) is 0.764. The zero-order valence-electron chi connectivity index (χ0n) is 9.14. The van der Waals surface area contributed by atoms with Crippen LogP contribution >= 0.6 is 11.6 Å². The molecule has 0 amide bonds. The average Bonchev–Trinajstić information content (AvgIpc) is 2.26. The number of carbonyl (C=O) groups excluding carboxylic acids is 1. The maximum Gasteiger partial charge on any atom is 0.416 e. The van der Waals surface area contributed by atoms with Gasteiger partial charge in [-0.15, -0.1) is 0 Å². The molecular formula is C11H10ClF3O2. The van der Waals surface area contributed by atoms with Crippen LogP contribution in [0.5, 0.6) is 0 Å². The van der Waals surface area contributed by atoms with E-state index in [1.807, 2.05) is 0 Å². The number of ether oxygens (including phenoxy) is 1. The van der Waals surface area contributed by atoms with Crippen LogP contribution in [0.15, 0.2) is 18.2 Å². The number of esters is 1. The third kappa shape index (κ3) is 3.12. The van der Waals surface area contributed by atoms with Crippen LogP contribution in [-0.2, 0) is 15.7 Å². The molecule has 1 unspecified atom stereocenters. The van der Waals surface area contributed by atoms with Gasteiger partial charge in [-0.25, -0.2) is 0 Å². The third-order valence-corrected chi connectivity index (χ3v) is 2.69. The second kappa shape index (κ2) is 4.96. The Morgan fingerprint density at radius 1 is 1.41 bits per heavy atom. The molecule has 0 aliphatic carbocycles. The van der Waals surface area contributed by atoms with Crippen molar-refractivity contribution in [1.29, 1.82) is 0 Å². The molecule has 0 aliphatic rings. The molecule has 0 saturated heterocycles. The summed E-state index contributed by atoms with van der Waals surface area (Å²) in [6, 6.07) is 2.86. The molecule has 94 valence electrons. The van der Waals surface area contributed by atoms with Crippen molar-refractivity contribution in [2.24, 2.45) is 0 Å². The third-order valence-electron chi connectivity index (χ3n) is 2.34. The van der Waals surface area contributed by atoms with Crippen LogP contribution in [0.25, 0.3) is 0 Å². The van der Waals surface area contributed by atoms with Gasteiger partial charge in [0, 0.05) is 5.02 Å². The summed E-state index contributed by atoms with van der Waals surface area (Å²) < 4.78 is 41.9. The van der Waals surface area contributed by atoms with Crippen molar-refractivity contribution < 1.29 is 22.7 Å². The lowest BCUT2D eigenvalue weighted by molar-refractivity contribution is -0.142. The molecule has 0 saturated carbocycles. The van der Waals surface area contributed by atoms with Gasteiger partial charge in [-0.2, -0.15) is 13.2 Å². The van der Waals surface area contributed by atoms with E-state index in [9.17, 15) is 18.0 Å². The van der Waals surface area contributed by atoms with Gasteiger partial charge in [0.15, 0.2) is 0 Å². The van der Waals surface area contributed by atoms with Gasteiger partial charge in [-0.1, -0.05) is 11.6 Å². The first-order valence-corrected chi connectivity index (χ1v) is 5.09. The molecule has 17 heavy (non-hydrogen) atoms. The highest BCUT2D eigenvalue weighted by Gasteiger charge is 2.32. The van der Waals surface area contributed by atoms with Gasteiger partial charge in [0.1, 0.15) is 0 Å². The Morgan fingerprint density at radius 3 is 2.47 bits per heavy atom. The Bertz CT molecular complexity index is 429. The fourth-order valence-corrected chi connectivity index (χ4v) is 1.64. The van der Waals surface area contributed by atoms with Gasteiger partial charge in [0.2, 0.25) is 0 Å². The van der Waals surface area contributed by atoms with Crippen molar-refractivity contribution in [3.8, 4) is 0 Å². The summed E-state index contributed by atoms with van der Waals surface area (Å²) in [5.74, 6) is -1.47. The van der Waals surface area contributed by atoms with Crippen LogP contribution in [0.4, 0.5) is 13.2 Å². The van der Waals surface area contributed by atoms with Crippen LogP contribution in [0.1, 0.15) is 24.0 Å². The first-order chi connectivity index (χ1) is 7.77. The Morgan fingerprint density at radius 2 is 2.00 bits per heavy atom. The molecule has 0 heterocycles. The number of alkyl halides is 3. The number of carbonyl (C=O) groups is 1. The Kier molecular flexibility index (Phi) is 4.03. The van der Waals surface area contributed by atoms with Crippen LogP contribution in [0.3, 0.4) is 0 Å². The Balaban J connectivity index is 3.20. The van der Waals surface area contributed by atoms with Gasteiger partial charge >= 0.3 is 12.1 Å². The van der Waals surface area contributed by atoms with Gasteiger partial charge < -0.3 is 4.74 Å². The molecule has 1 aromatic rings. The van der Waals surface area contributed by atoms with Crippen molar-refractivity contribution in [3.63, 3.8) is 0 Å². The predicted octanol–water partition coefficient (Wildman–Crippen LogP) is 3.64. The Labute approximate surface area is 101 Å². The average molecular weight is 267 g/mol. The number of halogens is 4. The van der Waals surface area contributed by atoms with E-state index in [-0.39, 0.29) is 10.6 Å². The number of benzene rings is 1. The van der Waals surface area contributed by atoms with Crippen molar-refractivity contribution in [1.82, 2.24) is 0 Å². The highest BCUT2D eigenvalue weighted by Crippen LogP contribution is 2.34. The van der Waals surface area contributed by atoms with Gasteiger partial charge in [-0.05, 0) is 30.7 Å². The molecule has 0 aromatic heterocycles. The topological polar surface area (TPSA) is 26.3 Å². The zero-order valence-corrected chi connectivity index (χ0v) is 9.89. The van der Waals surface area contributed by atoms with Crippen molar-refractivity contribution >= 4 is 17.6 Å². The summed E-state index contributed by atoms with van der Waals surface area (Å²) >= 11 is 5.77. The number of hydrogen-bond donors (Lipinski definition) is 0. The number of rotatable bonds is 2. The monoisotopic (exact) mass is 266 g/mol. The molecule has 0 aliphatic heterocycles. The predicted molar refractivity (Wildman–Crippen MR) is 56.9 cm³/mol. The first kappa shape index (κ1) is 13.8. The van der Waals surface area contributed by atoms with Crippen LogP contribution < -0.4 is 0 Å². The zero-order chi connectivity index (χ0) is 13.2. The highest BCUT2D eigenvalue weighted by atomic mass is 35.5. The molecule has 2 nitrogen and oxygen atoms in total.